The number of halogens is 2. The number of H-pyrrole nitrogens is 1. The smallest absolute Gasteiger partial charge is 0.414 e. The second kappa shape index (κ2) is 15.3. The Kier molecular flexibility index (Phi) is 10.7. The van der Waals surface area contributed by atoms with E-state index in [1.165, 1.54) is 0 Å². The van der Waals surface area contributed by atoms with Crippen LogP contribution in [0.15, 0.2) is 85.2 Å². The summed E-state index contributed by atoms with van der Waals surface area (Å²) in [5.41, 5.74) is 3.07. The molecule has 3 aliphatic heterocycles. The Morgan fingerprint density at radius 1 is 0.917 bits per heavy atom. The summed E-state index contributed by atoms with van der Waals surface area (Å²) in [6, 6.07) is 21.8. The monoisotopic (exact) mass is 690 g/mol. The number of rotatable bonds is 11. The first kappa shape index (κ1) is 33.6. The van der Waals surface area contributed by atoms with Gasteiger partial charge in [-0.15, -0.1) is 0 Å². The van der Waals surface area contributed by atoms with Gasteiger partial charge in [0.05, 0.1) is 26.3 Å². The molecule has 1 unspecified atom stereocenters. The Balaban J connectivity index is 1.24. The van der Waals surface area contributed by atoms with Gasteiger partial charge in [-0.3, -0.25) is 9.80 Å². The molecule has 1 aromatic heterocycles. The van der Waals surface area contributed by atoms with Crippen LogP contribution < -0.4 is 19.4 Å². The standard InChI is InChI=1S/C37H37Cl2N3O6/c1-45-32-12-11-26(18-34(32)46-2)33(19-29-30(38)20-40-21-31(29)39)47-36(43)27-8-6-7-24(17-27)22-42(28-9-4-3-5-10-28)37(44)48-35-23-41-15-13-25(35)14-16-41/h3-12,17-18,20-21,25,33,35H,13-16,19,22-23H2,1-2H3/p+1/t33?,35-/m0/s1. The van der Waals surface area contributed by atoms with Crippen LogP contribution >= 0.6 is 23.2 Å². The molecule has 0 saturated carbocycles. The highest BCUT2D eigenvalue weighted by atomic mass is 35.5. The highest BCUT2D eigenvalue weighted by Crippen LogP contribution is 2.36. The van der Waals surface area contributed by atoms with Gasteiger partial charge in [-0.05, 0) is 79.4 Å². The maximum atomic E-state index is 13.8. The lowest BCUT2D eigenvalue weighted by Crippen LogP contribution is -2.53. The first-order valence-electron chi connectivity index (χ1n) is 15.9. The van der Waals surface area contributed by atoms with Gasteiger partial charge in [0.1, 0.15) is 22.3 Å². The normalized spacial score (nSPS) is 18.9. The molecule has 7 rings (SSSR count). The zero-order valence-electron chi connectivity index (χ0n) is 26.9. The minimum atomic E-state index is -0.768. The van der Waals surface area contributed by atoms with Crippen molar-refractivity contribution in [3.63, 3.8) is 0 Å². The number of aromatic amines is 1. The van der Waals surface area contributed by atoms with Crippen LogP contribution in [0.25, 0.3) is 0 Å². The van der Waals surface area contributed by atoms with Crippen LogP contribution in [0, 0.1) is 5.92 Å². The molecule has 4 aromatic rings. The van der Waals surface area contributed by atoms with E-state index in [0.29, 0.717) is 49.8 Å². The second-order valence-electron chi connectivity index (χ2n) is 12.0. The molecular formula is C37H38Cl2N3O6+. The highest BCUT2D eigenvalue weighted by molar-refractivity contribution is 6.35. The maximum Gasteiger partial charge on any atom is 0.414 e. The van der Waals surface area contributed by atoms with Crippen molar-refractivity contribution in [2.24, 2.45) is 5.92 Å². The van der Waals surface area contributed by atoms with Gasteiger partial charge in [0, 0.05) is 24.2 Å². The van der Waals surface area contributed by atoms with Gasteiger partial charge >= 0.3 is 12.1 Å². The van der Waals surface area contributed by atoms with Crippen LogP contribution in [0.3, 0.4) is 0 Å². The van der Waals surface area contributed by atoms with E-state index in [9.17, 15) is 9.59 Å². The number of piperidine rings is 3. The number of hydrogen-bond donors (Lipinski definition) is 0. The summed E-state index contributed by atoms with van der Waals surface area (Å²) in [7, 11) is 3.10. The molecular weight excluding hydrogens is 653 g/mol. The molecule has 0 spiro atoms. The number of anilines is 1. The van der Waals surface area contributed by atoms with Gasteiger partial charge in [0.25, 0.3) is 0 Å². The summed E-state index contributed by atoms with van der Waals surface area (Å²) in [4.78, 5) is 34.4. The molecule has 1 N–H and O–H groups in total. The van der Waals surface area contributed by atoms with E-state index in [1.54, 1.807) is 61.8 Å². The van der Waals surface area contributed by atoms with Crippen LogP contribution in [0.1, 0.15) is 46.0 Å². The van der Waals surface area contributed by atoms with E-state index in [0.717, 1.165) is 38.0 Å². The average Bonchev–Trinajstić information content (AvgIpc) is 3.12. The molecule has 1 amide bonds. The number of carbonyl (C=O) groups is 2. The quantitative estimate of drug-likeness (QED) is 0.154. The van der Waals surface area contributed by atoms with E-state index in [4.69, 9.17) is 42.1 Å². The Labute approximate surface area is 290 Å². The zero-order chi connectivity index (χ0) is 33.6. The molecule has 250 valence electrons. The van der Waals surface area contributed by atoms with Gasteiger partial charge in [0.2, 0.25) is 0 Å². The number of ether oxygens (including phenoxy) is 4. The molecule has 3 fully saturated rings. The van der Waals surface area contributed by atoms with E-state index in [-0.39, 0.29) is 19.1 Å². The van der Waals surface area contributed by atoms with Gasteiger partial charge < -0.3 is 18.9 Å². The van der Waals surface area contributed by atoms with Crippen molar-refractivity contribution in [1.29, 1.82) is 0 Å². The van der Waals surface area contributed by atoms with Crippen LogP contribution in [-0.4, -0.2) is 56.9 Å². The van der Waals surface area contributed by atoms with Gasteiger partial charge in [-0.25, -0.2) is 14.6 Å². The fourth-order valence-electron chi connectivity index (χ4n) is 6.42. The van der Waals surface area contributed by atoms with Crippen LogP contribution in [0.5, 0.6) is 11.5 Å². The number of hydrogen-bond acceptors (Lipinski definition) is 7. The largest absolute Gasteiger partial charge is 0.493 e. The van der Waals surface area contributed by atoms with Crippen molar-refractivity contribution in [2.45, 2.75) is 38.0 Å². The number of amides is 1. The van der Waals surface area contributed by atoms with Crippen molar-refractivity contribution < 1.29 is 33.5 Å². The molecule has 2 bridgehead atoms. The van der Waals surface area contributed by atoms with Crippen LogP contribution in [0.2, 0.25) is 10.0 Å². The summed E-state index contributed by atoms with van der Waals surface area (Å²) in [5.74, 6) is 0.863. The number of nitrogens with zero attached hydrogens (tertiary/aromatic N) is 2. The number of aromatic nitrogens is 1. The number of para-hydroxylation sites is 1. The Morgan fingerprint density at radius 3 is 2.31 bits per heavy atom. The van der Waals surface area contributed by atoms with Crippen molar-refractivity contribution in [3.05, 3.63) is 117 Å². The number of nitrogens with one attached hydrogen (secondary N) is 1. The Hall–Kier alpha value is -4.31. The third-order valence-electron chi connectivity index (χ3n) is 9.05. The van der Waals surface area contributed by atoms with Crippen molar-refractivity contribution in [3.8, 4) is 11.5 Å². The summed E-state index contributed by atoms with van der Waals surface area (Å²) in [6.07, 6.45) is 4.23. The van der Waals surface area contributed by atoms with Crippen LogP contribution in [0.4, 0.5) is 10.5 Å². The highest BCUT2D eigenvalue weighted by Gasteiger charge is 2.37. The third kappa shape index (κ3) is 7.70. The molecule has 3 aromatic carbocycles. The Morgan fingerprint density at radius 2 is 1.65 bits per heavy atom. The molecule has 11 heteroatoms. The lowest BCUT2D eigenvalue weighted by Gasteiger charge is -2.44. The number of benzene rings is 3. The third-order valence-corrected chi connectivity index (χ3v) is 9.73. The van der Waals surface area contributed by atoms with Gasteiger partial charge in [0.15, 0.2) is 23.9 Å². The molecule has 0 aliphatic carbocycles. The molecule has 48 heavy (non-hydrogen) atoms. The molecule has 0 radical (unpaired) electrons. The number of pyridine rings is 1. The lowest BCUT2D eigenvalue weighted by atomic mass is 9.86. The first-order valence-corrected chi connectivity index (χ1v) is 16.7. The summed E-state index contributed by atoms with van der Waals surface area (Å²) in [5, 5.41) is 0.828. The predicted molar refractivity (Wildman–Crippen MR) is 183 cm³/mol. The van der Waals surface area contributed by atoms with Crippen LogP contribution in [-0.2, 0) is 22.4 Å². The van der Waals surface area contributed by atoms with Gasteiger partial charge in [-0.1, -0.05) is 59.6 Å². The average molecular weight is 692 g/mol. The van der Waals surface area contributed by atoms with Crippen molar-refractivity contribution >= 4 is 41.0 Å². The van der Waals surface area contributed by atoms with E-state index < -0.39 is 18.2 Å². The first-order chi connectivity index (χ1) is 23.3. The van der Waals surface area contributed by atoms with E-state index in [2.05, 4.69) is 9.88 Å². The predicted octanol–water partition coefficient (Wildman–Crippen LogP) is 7.20. The Bertz CT molecular complexity index is 1730. The molecule has 3 aliphatic rings. The zero-order valence-corrected chi connectivity index (χ0v) is 28.4. The van der Waals surface area contributed by atoms with Crippen molar-refractivity contribution in [1.82, 2.24) is 4.90 Å². The number of carbonyl (C=O) groups excluding carboxylic acids is 2. The fourth-order valence-corrected chi connectivity index (χ4v) is 6.95. The van der Waals surface area contributed by atoms with Crippen molar-refractivity contribution in [2.75, 3.05) is 38.8 Å². The minimum Gasteiger partial charge on any atom is -0.493 e. The summed E-state index contributed by atoms with van der Waals surface area (Å²) >= 11 is 13.0. The maximum absolute atomic E-state index is 13.8. The number of esters is 1. The van der Waals surface area contributed by atoms with Gasteiger partial charge in [-0.2, -0.15) is 0 Å². The molecule has 2 atom stereocenters. The second-order valence-corrected chi connectivity index (χ2v) is 12.8. The SMILES string of the molecule is COc1ccc(C(Cc2c(Cl)c[nH+]cc2Cl)OC(=O)c2cccc(CN(C(=O)O[C@H]3CN4CCC3CC4)c3ccccc3)c2)cc1OC. The summed E-state index contributed by atoms with van der Waals surface area (Å²) < 4.78 is 23.2. The topological polar surface area (TPSA) is 91.7 Å². The fraction of sp³-hybridized carbons (Fsp3) is 0.324. The number of fused-ring (bicyclic) bond motifs is 3. The van der Waals surface area contributed by atoms with E-state index >= 15 is 0 Å². The van der Waals surface area contributed by atoms with E-state index in [1.807, 2.05) is 42.5 Å². The minimum absolute atomic E-state index is 0.134. The lowest BCUT2D eigenvalue weighted by molar-refractivity contribution is -0.377. The molecule has 4 heterocycles. The summed E-state index contributed by atoms with van der Waals surface area (Å²) in [6.45, 7) is 3.08. The molecule has 3 saturated heterocycles. The molecule has 9 nitrogen and oxygen atoms in total. The number of methoxy groups -OCH3 is 2.